The SMILES string of the molecule is CCN=C(C(C)C)C(C)C. The fourth-order valence-corrected chi connectivity index (χ4v) is 1.21. The highest BCUT2D eigenvalue weighted by Crippen LogP contribution is 2.07. The molecule has 0 aliphatic heterocycles. The lowest BCUT2D eigenvalue weighted by Gasteiger charge is -2.12. The second-order valence-corrected chi connectivity index (χ2v) is 3.21. The highest BCUT2D eigenvalue weighted by atomic mass is 14.7. The molecule has 0 radical (unpaired) electrons. The summed E-state index contributed by atoms with van der Waals surface area (Å²) >= 11 is 0. The van der Waals surface area contributed by atoms with Gasteiger partial charge in [-0.2, -0.15) is 0 Å². The Kier molecular flexibility index (Phi) is 4.33. The van der Waals surface area contributed by atoms with Gasteiger partial charge in [-0.05, 0) is 18.8 Å². The van der Waals surface area contributed by atoms with Crippen LogP contribution in [0.3, 0.4) is 0 Å². The molecule has 1 nitrogen and oxygen atoms in total. The normalized spacial score (nSPS) is 10.7. The maximum atomic E-state index is 4.44. The van der Waals surface area contributed by atoms with E-state index in [9.17, 15) is 0 Å². The highest BCUT2D eigenvalue weighted by Gasteiger charge is 2.07. The van der Waals surface area contributed by atoms with Crippen LogP contribution >= 0.6 is 0 Å². The van der Waals surface area contributed by atoms with Crippen molar-refractivity contribution in [1.82, 2.24) is 0 Å². The van der Waals surface area contributed by atoms with Crippen molar-refractivity contribution >= 4 is 5.71 Å². The molecule has 0 bridgehead atoms. The predicted octanol–water partition coefficient (Wildman–Crippen LogP) is 2.76. The fraction of sp³-hybridized carbons (Fsp3) is 0.889. The molecular formula is C9H19N. The van der Waals surface area contributed by atoms with Gasteiger partial charge in [-0.15, -0.1) is 0 Å². The van der Waals surface area contributed by atoms with E-state index in [-0.39, 0.29) is 0 Å². The molecule has 0 unspecified atom stereocenters. The largest absolute Gasteiger partial charge is 0.294 e. The second-order valence-electron chi connectivity index (χ2n) is 3.21. The fourth-order valence-electron chi connectivity index (χ4n) is 1.21. The molecule has 0 fully saturated rings. The topological polar surface area (TPSA) is 12.4 Å². The van der Waals surface area contributed by atoms with Crippen molar-refractivity contribution in [1.29, 1.82) is 0 Å². The van der Waals surface area contributed by atoms with Crippen molar-refractivity contribution in [2.75, 3.05) is 6.54 Å². The zero-order valence-electron chi connectivity index (χ0n) is 7.81. The molecule has 0 heterocycles. The summed E-state index contributed by atoms with van der Waals surface area (Å²) in [5, 5.41) is 0. The molecule has 0 rings (SSSR count). The first-order valence-electron chi connectivity index (χ1n) is 4.13. The Morgan fingerprint density at radius 2 is 1.50 bits per heavy atom. The average molecular weight is 141 g/mol. The number of aliphatic imine (C=N–C) groups is 1. The third-order valence-electron chi connectivity index (χ3n) is 1.52. The van der Waals surface area contributed by atoms with E-state index >= 15 is 0 Å². The Labute approximate surface area is 64.6 Å². The van der Waals surface area contributed by atoms with Gasteiger partial charge < -0.3 is 0 Å². The van der Waals surface area contributed by atoms with Crippen LogP contribution in [0.5, 0.6) is 0 Å². The summed E-state index contributed by atoms with van der Waals surface area (Å²) < 4.78 is 0. The minimum atomic E-state index is 0.611. The van der Waals surface area contributed by atoms with Crippen molar-refractivity contribution in [2.24, 2.45) is 16.8 Å². The molecule has 0 saturated carbocycles. The lowest BCUT2D eigenvalue weighted by molar-refractivity contribution is 0.755. The van der Waals surface area contributed by atoms with Crippen LogP contribution in [0.15, 0.2) is 4.99 Å². The van der Waals surface area contributed by atoms with Crippen molar-refractivity contribution in [3.63, 3.8) is 0 Å². The highest BCUT2D eigenvalue weighted by molar-refractivity contribution is 5.87. The molecule has 0 saturated heterocycles. The molecule has 0 aromatic carbocycles. The minimum Gasteiger partial charge on any atom is -0.294 e. The molecule has 0 aliphatic carbocycles. The van der Waals surface area contributed by atoms with Gasteiger partial charge in [0.15, 0.2) is 0 Å². The first-order chi connectivity index (χ1) is 4.59. The van der Waals surface area contributed by atoms with E-state index in [4.69, 9.17) is 0 Å². The first kappa shape index (κ1) is 9.67. The molecule has 0 aliphatic rings. The van der Waals surface area contributed by atoms with Crippen LogP contribution in [0.2, 0.25) is 0 Å². The Morgan fingerprint density at radius 1 is 1.10 bits per heavy atom. The molecule has 10 heavy (non-hydrogen) atoms. The van der Waals surface area contributed by atoms with Gasteiger partial charge in [-0.1, -0.05) is 27.7 Å². The Balaban J connectivity index is 4.12. The van der Waals surface area contributed by atoms with E-state index < -0.39 is 0 Å². The molecular weight excluding hydrogens is 122 g/mol. The summed E-state index contributed by atoms with van der Waals surface area (Å²) in [5.41, 5.74) is 1.35. The lowest BCUT2D eigenvalue weighted by Crippen LogP contribution is -2.15. The van der Waals surface area contributed by atoms with E-state index in [0.29, 0.717) is 11.8 Å². The molecule has 1 heteroatoms. The molecule has 0 spiro atoms. The number of rotatable bonds is 3. The average Bonchev–Trinajstić information content (AvgIpc) is 1.81. The summed E-state index contributed by atoms with van der Waals surface area (Å²) in [7, 11) is 0. The summed E-state index contributed by atoms with van der Waals surface area (Å²) in [6.07, 6.45) is 0. The number of nitrogens with zero attached hydrogens (tertiary/aromatic N) is 1. The van der Waals surface area contributed by atoms with Crippen LogP contribution in [-0.2, 0) is 0 Å². The van der Waals surface area contributed by atoms with E-state index in [0.717, 1.165) is 6.54 Å². The molecule has 0 aromatic heterocycles. The van der Waals surface area contributed by atoms with Crippen LogP contribution < -0.4 is 0 Å². The number of hydrogen-bond acceptors (Lipinski definition) is 1. The van der Waals surface area contributed by atoms with E-state index in [1.807, 2.05) is 0 Å². The first-order valence-corrected chi connectivity index (χ1v) is 4.13. The predicted molar refractivity (Wildman–Crippen MR) is 47.7 cm³/mol. The van der Waals surface area contributed by atoms with Gasteiger partial charge in [0.1, 0.15) is 0 Å². The van der Waals surface area contributed by atoms with Gasteiger partial charge in [0.05, 0.1) is 0 Å². The smallest absolute Gasteiger partial charge is 0.0360 e. The standard InChI is InChI=1S/C9H19N/c1-6-10-9(7(2)3)8(4)5/h7-8H,6H2,1-5H3. The van der Waals surface area contributed by atoms with Crippen LogP contribution in [-0.4, -0.2) is 12.3 Å². The quantitative estimate of drug-likeness (QED) is 0.536. The van der Waals surface area contributed by atoms with Gasteiger partial charge in [-0.25, -0.2) is 0 Å². The van der Waals surface area contributed by atoms with Gasteiger partial charge in [0.25, 0.3) is 0 Å². The molecule has 0 N–H and O–H groups in total. The number of hydrogen-bond donors (Lipinski definition) is 0. The maximum absolute atomic E-state index is 4.44. The summed E-state index contributed by atoms with van der Waals surface area (Å²) in [4.78, 5) is 4.44. The van der Waals surface area contributed by atoms with Crippen molar-refractivity contribution in [3.8, 4) is 0 Å². The molecule has 0 amide bonds. The van der Waals surface area contributed by atoms with Crippen LogP contribution in [0.1, 0.15) is 34.6 Å². The van der Waals surface area contributed by atoms with Gasteiger partial charge >= 0.3 is 0 Å². The van der Waals surface area contributed by atoms with Crippen LogP contribution in [0, 0.1) is 11.8 Å². The second kappa shape index (κ2) is 4.48. The third kappa shape index (κ3) is 3.00. The van der Waals surface area contributed by atoms with Crippen LogP contribution in [0.25, 0.3) is 0 Å². The van der Waals surface area contributed by atoms with Crippen LogP contribution in [0.4, 0.5) is 0 Å². The van der Waals surface area contributed by atoms with Gasteiger partial charge in [0, 0.05) is 12.3 Å². The Bertz CT molecular complexity index is 102. The van der Waals surface area contributed by atoms with Crippen molar-refractivity contribution in [2.45, 2.75) is 34.6 Å². The summed E-state index contributed by atoms with van der Waals surface area (Å²) in [6, 6.07) is 0. The summed E-state index contributed by atoms with van der Waals surface area (Å²) in [5.74, 6) is 1.22. The Hall–Kier alpha value is -0.330. The van der Waals surface area contributed by atoms with Gasteiger partial charge in [0.2, 0.25) is 0 Å². The van der Waals surface area contributed by atoms with E-state index in [1.165, 1.54) is 5.71 Å². The monoisotopic (exact) mass is 141 g/mol. The van der Waals surface area contributed by atoms with Crippen molar-refractivity contribution < 1.29 is 0 Å². The van der Waals surface area contributed by atoms with E-state index in [2.05, 4.69) is 39.6 Å². The van der Waals surface area contributed by atoms with E-state index in [1.54, 1.807) is 0 Å². The lowest BCUT2D eigenvalue weighted by atomic mass is 9.97. The molecule has 0 aromatic rings. The Morgan fingerprint density at radius 3 is 1.60 bits per heavy atom. The zero-order valence-corrected chi connectivity index (χ0v) is 7.81. The third-order valence-corrected chi connectivity index (χ3v) is 1.52. The summed E-state index contributed by atoms with van der Waals surface area (Å²) in [6.45, 7) is 11.8. The van der Waals surface area contributed by atoms with Crippen molar-refractivity contribution in [3.05, 3.63) is 0 Å². The zero-order chi connectivity index (χ0) is 8.15. The minimum absolute atomic E-state index is 0.611. The molecule has 60 valence electrons. The molecule has 0 atom stereocenters. The van der Waals surface area contributed by atoms with Gasteiger partial charge in [-0.3, -0.25) is 4.99 Å². The maximum Gasteiger partial charge on any atom is 0.0360 e.